The third kappa shape index (κ3) is 3.41. The van der Waals surface area contributed by atoms with Crippen LogP contribution in [-0.4, -0.2) is 11.0 Å². The minimum absolute atomic E-state index is 0.119. The van der Waals surface area contributed by atoms with Crippen molar-refractivity contribution in [2.24, 2.45) is 10.8 Å². The maximum Gasteiger partial charge on any atom is 0.192 e. The Morgan fingerprint density at radius 2 is 1.88 bits per heavy atom. The molecule has 0 amide bonds. The van der Waals surface area contributed by atoms with Crippen LogP contribution in [0.2, 0.25) is 0 Å². The summed E-state index contributed by atoms with van der Waals surface area (Å²) in [6.45, 7) is 9.90. The lowest BCUT2D eigenvalue weighted by atomic mass is 9.87. The summed E-state index contributed by atoms with van der Waals surface area (Å²) in [7, 11) is 0. The van der Waals surface area contributed by atoms with Gasteiger partial charge in [0.1, 0.15) is 0 Å². The van der Waals surface area contributed by atoms with Crippen molar-refractivity contribution in [3.05, 3.63) is 36.4 Å². The molecule has 1 rings (SSSR count). The van der Waals surface area contributed by atoms with Crippen LogP contribution in [0.1, 0.15) is 26.3 Å². The Morgan fingerprint density at radius 1 is 1.35 bits per heavy atom. The molecule has 0 unspecified atom stereocenters. The van der Waals surface area contributed by atoms with Gasteiger partial charge in [0.05, 0.1) is 5.69 Å². The van der Waals surface area contributed by atoms with Crippen LogP contribution >= 0.6 is 12.2 Å². The number of hydrogen-bond donors (Lipinski definition) is 1. The topological polar surface area (TPSA) is 41.6 Å². The zero-order valence-electron chi connectivity index (χ0n) is 10.4. The Bertz CT molecular complexity index is 449. The van der Waals surface area contributed by atoms with Crippen LogP contribution < -0.4 is 10.7 Å². The first-order valence-corrected chi connectivity index (χ1v) is 5.70. The average Bonchev–Trinajstić information content (AvgIpc) is 2.24. The fourth-order valence-corrected chi connectivity index (χ4v) is 1.55. The predicted molar refractivity (Wildman–Crippen MR) is 77.5 cm³/mol. The highest BCUT2D eigenvalue weighted by Crippen LogP contribution is 2.24. The Balaban J connectivity index is 3.08. The molecule has 3 nitrogen and oxygen atoms in total. The lowest BCUT2D eigenvalue weighted by molar-refractivity contribution is 0.590. The number of thiocarbonyl (C=S) groups is 1. The van der Waals surface area contributed by atoms with Crippen molar-refractivity contribution in [3.8, 4) is 0 Å². The van der Waals surface area contributed by atoms with Gasteiger partial charge in [-0.05, 0) is 41.9 Å². The summed E-state index contributed by atoms with van der Waals surface area (Å²) >= 11 is 4.91. The quantitative estimate of drug-likeness (QED) is 0.496. The Hall–Kier alpha value is -1.64. The van der Waals surface area contributed by atoms with Gasteiger partial charge in [0.15, 0.2) is 5.11 Å². The molecule has 90 valence electrons. The van der Waals surface area contributed by atoms with E-state index in [-0.39, 0.29) is 10.5 Å². The monoisotopic (exact) mass is 247 g/mol. The SMILES string of the molecule is C=C=NN(C(N)=S)c1ccc(C(C)(C)C)cc1. The molecule has 4 heteroatoms. The number of nitrogens with zero attached hydrogens (tertiary/aromatic N) is 2. The second-order valence-electron chi connectivity index (χ2n) is 4.71. The normalized spacial score (nSPS) is 10.5. The summed E-state index contributed by atoms with van der Waals surface area (Å²) in [6.07, 6.45) is 0. The molecule has 0 aliphatic heterocycles. The molecule has 0 saturated heterocycles. The number of hydrazone groups is 1. The Morgan fingerprint density at radius 3 is 2.24 bits per heavy atom. The van der Waals surface area contributed by atoms with Gasteiger partial charge in [-0.2, -0.15) is 5.01 Å². The Kier molecular flexibility index (Phi) is 4.05. The van der Waals surface area contributed by atoms with Crippen molar-refractivity contribution in [1.82, 2.24) is 0 Å². The van der Waals surface area contributed by atoms with Gasteiger partial charge in [-0.3, -0.25) is 0 Å². The first-order valence-electron chi connectivity index (χ1n) is 5.29. The largest absolute Gasteiger partial charge is 0.374 e. The first kappa shape index (κ1) is 13.4. The van der Waals surface area contributed by atoms with Gasteiger partial charge in [0.2, 0.25) is 0 Å². The minimum Gasteiger partial charge on any atom is -0.374 e. The van der Waals surface area contributed by atoms with Crippen molar-refractivity contribution in [1.29, 1.82) is 0 Å². The van der Waals surface area contributed by atoms with Crippen molar-refractivity contribution >= 4 is 28.9 Å². The molecule has 0 radical (unpaired) electrons. The minimum atomic E-state index is 0.119. The van der Waals surface area contributed by atoms with E-state index in [2.05, 4.69) is 38.3 Å². The molecule has 0 aliphatic carbocycles. The van der Waals surface area contributed by atoms with Gasteiger partial charge in [-0.15, -0.1) is 5.10 Å². The van der Waals surface area contributed by atoms with E-state index in [1.165, 1.54) is 10.6 Å². The lowest BCUT2D eigenvalue weighted by Gasteiger charge is -2.21. The fourth-order valence-electron chi connectivity index (χ4n) is 1.41. The van der Waals surface area contributed by atoms with Crippen LogP contribution in [0.25, 0.3) is 0 Å². The second kappa shape index (κ2) is 5.13. The molecule has 0 aliphatic rings. The zero-order chi connectivity index (χ0) is 13.1. The predicted octanol–water partition coefficient (Wildman–Crippen LogP) is 2.80. The van der Waals surface area contributed by atoms with Crippen LogP contribution in [0.15, 0.2) is 35.9 Å². The van der Waals surface area contributed by atoms with Gasteiger partial charge >= 0.3 is 0 Å². The highest BCUT2D eigenvalue weighted by Gasteiger charge is 2.14. The molecule has 0 saturated carbocycles. The molecule has 0 atom stereocenters. The van der Waals surface area contributed by atoms with E-state index in [1.54, 1.807) is 0 Å². The molecular weight excluding hydrogens is 230 g/mol. The maximum absolute atomic E-state index is 5.57. The van der Waals surface area contributed by atoms with Gasteiger partial charge in [0.25, 0.3) is 0 Å². The van der Waals surface area contributed by atoms with E-state index in [1.807, 2.05) is 24.3 Å². The zero-order valence-corrected chi connectivity index (χ0v) is 11.2. The van der Waals surface area contributed by atoms with Crippen LogP contribution in [-0.2, 0) is 5.41 Å². The molecule has 1 aromatic rings. The van der Waals surface area contributed by atoms with E-state index in [4.69, 9.17) is 18.0 Å². The van der Waals surface area contributed by atoms with Crippen LogP contribution in [0.3, 0.4) is 0 Å². The van der Waals surface area contributed by atoms with Crippen molar-refractivity contribution in [2.75, 3.05) is 5.01 Å². The summed E-state index contributed by atoms with van der Waals surface area (Å²) in [4.78, 5) is 0. The van der Waals surface area contributed by atoms with Crippen molar-refractivity contribution < 1.29 is 0 Å². The van der Waals surface area contributed by atoms with E-state index >= 15 is 0 Å². The van der Waals surface area contributed by atoms with Crippen molar-refractivity contribution in [3.63, 3.8) is 0 Å². The second-order valence-corrected chi connectivity index (χ2v) is 5.12. The lowest BCUT2D eigenvalue weighted by Crippen LogP contribution is -2.30. The molecule has 17 heavy (non-hydrogen) atoms. The number of benzene rings is 1. The van der Waals surface area contributed by atoms with Gasteiger partial charge < -0.3 is 5.73 Å². The maximum atomic E-state index is 5.57. The first-order chi connectivity index (χ1) is 7.86. The highest BCUT2D eigenvalue weighted by molar-refractivity contribution is 7.80. The molecule has 0 spiro atoms. The number of anilines is 1. The smallest absolute Gasteiger partial charge is 0.192 e. The summed E-state index contributed by atoms with van der Waals surface area (Å²) in [5, 5.41) is 5.49. The van der Waals surface area contributed by atoms with Crippen LogP contribution in [0.5, 0.6) is 0 Å². The third-order valence-corrected chi connectivity index (χ3v) is 2.53. The Labute approximate surface area is 108 Å². The van der Waals surface area contributed by atoms with Gasteiger partial charge in [-0.1, -0.05) is 32.9 Å². The van der Waals surface area contributed by atoms with Gasteiger partial charge in [0, 0.05) is 5.87 Å². The highest BCUT2D eigenvalue weighted by atomic mass is 32.1. The molecule has 0 aromatic heterocycles. The molecular formula is C13H17N3S. The standard InChI is InChI=1S/C13H17N3S/c1-5-15-16(12(14)17)11-8-6-10(7-9-11)13(2,3)4/h6-9H,1H2,2-4H3,(H2,14,17). The summed E-state index contributed by atoms with van der Waals surface area (Å²) in [5.41, 5.74) is 7.74. The van der Waals surface area contributed by atoms with E-state index in [0.29, 0.717) is 0 Å². The van der Waals surface area contributed by atoms with Gasteiger partial charge in [-0.25, -0.2) is 0 Å². The molecule has 0 fully saturated rings. The molecule has 1 aromatic carbocycles. The molecule has 2 N–H and O–H groups in total. The summed E-state index contributed by atoms with van der Waals surface area (Å²) in [6, 6.07) is 7.94. The average molecular weight is 247 g/mol. The molecule has 0 heterocycles. The van der Waals surface area contributed by atoms with E-state index in [9.17, 15) is 0 Å². The van der Waals surface area contributed by atoms with Crippen LogP contribution in [0.4, 0.5) is 5.69 Å². The molecule has 0 bridgehead atoms. The van der Waals surface area contributed by atoms with Crippen LogP contribution in [0, 0.1) is 0 Å². The van der Waals surface area contributed by atoms with E-state index in [0.717, 1.165) is 5.69 Å². The number of rotatable bonds is 2. The number of nitrogens with two attached hydrogens (primary N) is 1. The number of hydrogen-bond acceptors (Lipinski definition) is 2. The fraction of sp³-hybridized carbons (Fsp3) is 0.308. The third-order valence-electron chi connectivity index (χ3n) is 2.36. The van der Waals surface area contributed by atoms with E-state index < -0.39 is 0 Å². The summed E-state index contributed by atoms with van der Waals surface area (Å²) in [5.74, 6) is 2.43. The summed E-state index contributed by atoms with van der Waals surface area (Å²) < 4.78 is 0. The van der Waals surface area contributed by atoms with Crippen molar-refractivity contribution in [2.45, 2.75) is 26.2 Å².